The molecule has 1 heterocycles. The van der Waals surface area contributed by atoms with Crippen molar-refractivity contribution in [3.63, 3.8) is 0 Å². The number of hydrogen-bond donors (Lipinski definition) is 1. The number of hydrogen-bond acceptors (Lipinski definition) is 3. The minimum absolute atomic E-state index is 0.129. The zero-order valence-electron chi connectivity index (χ0n) is 18.2. The van der Waals surface area contributed by atoms with E-state index in [9.17, 15) is 22.8 Å². The number of aryl methyl sites for hydroxylation is 1. The van der Waals surface area contributed by atoms with E-state index in [1.54, 1.807) is 36.1 Å². The molecule has 2 aromatic carbocycles. The Kier molecular flexibility index (Phi) is 5.78. The maximum Gasteiger partial charge on any atom is 0.417 e. The molecule has 172 valence electrons. The van der Waals surface area contributed by atoms with Crippen LogP contribution >= 0.6 is 0 Å². The van der Waals surface area contributed by atoms with Crippen molar-refractivity contribution in [3.05, 3.63) is 58.7 Å². The van der Waals surface area contributed by atoms with Crippen LogP contribution in [0, 0.1) is 18.3 Å². The summed E-state index contributed by atoms with van der Waals surface area (Å²) in [6.45, 7) is 1.78. The number of carbonyl (C=O) groups excluding carboxylic acids is 2. The maximum atomic E-state index is 13.6. The van der Waals surface area contributed by atoms with E-state index in [0.29, 0.717) is 23.2 Å². The van der Waals surface area contributed by atoms with Gasteiger partial charge in [-0.2, -0.15) is 18.4 Å². The lowest BCUT2D eigenvalue weighted by Crippen LogP contribution is -2.40. The highest BCUT2D eigenvalue weighted by molar-refractivity contribution is 6.08. The molecule has 1 aliphatic heterocycles. The fourth-order valence-corrected chi connectivity index (χ4v) is 4.90. The zero-order valence-corrected chi connectivity index (χ0v) is 18.2. The molecule has 1 saturated heterocycles. The number of fused-ring (bicyclic) bond motifs is 1. The van der Waals surface area contributed by atoms with Crippen molar-refractivity contribution in [1.29, 1.82) is 5.26 Å². The summed E-state index contributed by atoms with van der Waals surface area (Å²) in [4.78, 5) is 28.7. The average Bonchev–Trinajstić information content (AvgIpc) is 3.09. The van der Waals surface area contributed by atoms with E-state index in [1.165, 1.54) is 18.0 Å². The lowest BCUT2D eigenvalue weighted by molar-refractivity contribution is -0.137. The van der Waals surface area contributed by atoms with Crippen molar-refractivity contribution in [2.45, 2.75) is 50.9 Å². The molecule has 0 aromatic heterocycles. The number of urea groups is 1. The van der Waals surface area contributed by atoms with Gasteiger partial charge in [0.15, 0.2) is 0 Å². The van der Waals surface area contributed by atoms with Crippen molar-refractivity contribution in [1.82, 2.24) is 5.32 Å². The summed E-state index contributed by atoms with van der Waals surface area (Å²) in [6, 6.07) is 9.23. The number of alkyl halides is 3. The summed E-state index contributed by atoms with van der Waals surface area (Å²) >= 11 is 0. The van der Waals surface area contributed by atoms with E-state index in [1.807, 2.05) is 0 Å². The number of benzene rings is 2. The van der Waals surface area contributed by atoms with Gasteiger partial charge in [-0.05, 0) is 61.7 Å². The second kappa shape index (κ2) is 8.43. The fraction of sp³-hybridized carbons (Fsp3) is 0.375. The molecule has 4 rings (SSSR count). The monoisotopic (exact) mass is 456 g/mol. The third-order valence-corrected chi connectivity index (χ3v) is 6.44. The number of anilines is 2. The first kappa shape index (κ1) is 22.6. The quantitative estimate of drug-likeness (QED) is 0.706. The molecule has 2 aliphatic rings. The van der Waals surface area contributed by atoms with Crippen LogP contribution in [0.25, 0.3) is 0 Å². The molecule has 2 aromatic rings. The Hall–Kier alpha value is -3.54. The van der Waals surface area contributed by atoms with Gasteiger partial charge in [0, 0.05) is 24.0 Å². The first-order valence-corrected chi connectivity index (χ1v) is 10.7. The molecule has 9 heteroatoms. The lowest BCUT2D eigenvalue weighted by atomic mass is 9.89. The summed E-state index contributed by atoms with van der Waals surface area (Å²) in [5.74, 6) is -0.235. The summed E-state index contributed by atoms with van der Waals surface area (Å²) < 4.78 is 40.7. The molecule has 1 saturated carbocycles. The predicted octanol–water partition coefficient (Wildman–Crippen LogP) is 5.00. The standard InChI is InChI=1S/C24H23F3N4O2/c1-14-11-16(9-10-18(14)22(32)29-2)30-20-5-3-4-6-21(20)31(23(30)33)17-8-7-15(13-28)19(12-17)24(25,26)27/h7-12,20-21H,3-6H2,1-2H3,(H,29,32)/t20-,21-/m1/s1. The van der Waals surface area contributed by atoms with Crippen LogP contribution in [0.5, 0.6) is 0 Å². The second-order valence-electron chi connectivity index (χ2n) is 8.36. The van der Waals surface area contributed by atoms with Crippen LogP contribution in [0.1, 0.15) is 52.7 Å². The van der Waals surface area contributed by atoms with Crippen LogP contribution < -0.4 is 15.1 Å². The van der Waals surface area contributed by atoms with Crippen LogP contribution in [0.3, 0.4) is 0 Å². The first-order chi connectivity index (χ1) is 15.7. The molecular weight excluding hydrogens is 433 g/mol. The van der Waals surface area contributed by atoms with E-state index >= 15 is 0 Å². The van der Waals surface area contributed by atoms with Gasteiger partial charge in [-0.1, -0.05) is 12.8 Å². The first-order valence-electron chi connectivity index (χ1n) is 10.7. The number of nitrogens with one attached hydrogen (secondary N) is 1. The minimum atomic E-state index is -4.71. The number of nitrogens with zero attached hydrogens (tertiary/aromatic N) is 3. The Morgan fingerprint density at radius 3 is 2.15 bits per heavy atom. The van der Waals surface area contributed by atoms with Crippen molar-refractivity contribution in [3.8, 4) is 6.07 Å². The van der Waals surface area contributed by atoms with E-state index in [4.69, 9.17) is 5.26 Å². The molecular formula is C24H23F3N4O2. The third-order valence-electron chi connectivity index (χ3n) is 6.44. The Bertz CT molecular complexity index is 1160. The average molecular weight is 456 g/mol. The van der Waals surface area contributed by atoms with Crippen LogP contribution in [0.2, 0.25) is 0 Å². The van der Waals surface area contributed by atoms with Gasteiger partial charge in [0.2, 0.25) is 0 Å². The topological polar surface area (TPSA) is 76.4 Å². The van der Waals surface area contributed by atoms with Crippen molar-refractivity contribution in [2.75, 3.05) is 16.8 Å². The molecule has 0 radical (unpaired) electrons. The van der Waals surface area contributed by atoms with Crippen molar-refractivity contribution < 1.29 is 22.8 Å². The largest absolute Gasteiger partial charge is 0.417 e. The number of nitriles is 1. The Balaban J connectivity index is 1.77. The number of halogens is 3. The molecule has 0 bridgehead atoms. The summed E-state index contributed by atoms with van der Waals surface area (Å²) in [5.41, 5.74) is 0.399. The molecule has 1 aliphatic carbocycles. The number of amides is 3. The normalized spacial score (nSPS) is 20.4. The van der Waals surface area contributed by atoms with E-state index in [0.717, 1.165) is 31.4 Å². The summed E-state index contributed by atoms with van der Waals surface area (Å²) in [5, 5.41) is 11.7. The zero-order chi connectivity index (χ0) is 23.9. The van der Waals surface area contributed by atoms with Crippen molar-refractivity contribution in [2.24, 2.45) is 0 Å². The van der Waals surface area contributed by atoms with Gasteiger partial charge < -0.3 is 5.32 Å². The van der Waals surface area contributed by atoms with Gasteiger partial charge in [0.05, 0.1) is 29.3 Å². The highest BCUT2D eigenvalue weighted by Crippen LogP contribution is 2.42. The highest BCUT2D eigenvalue weighted by atomic mass is 19.4. The highest BCUT2D eigenvalue weighted by Gasteiger charge is 2.48. The molecule has 6 nitrogen and oxygen atoms in total. The van der Waals surface area contributed by atoms with Crippen LogP contribution in [-0.4, -0.2) is 31.1 Å². The number of rotatable bonds is 3. The molecule has 3 amide bonds. The van der Waals surface area contributed by atoms with Crippen LogP contribution in [0.4, 0.5) is 29.3 Å². The predicted molar refractivity (Wildman–Crippen MR) is 117 cm³/mol. The van der Waals surface area contributed by atoms with Gasteiger partial charge in [-0.3, -0.25) is 14.6 Å². The molecule has 0 unspecified atom stereocenters. The lowest BCUT2D eigenvalue weighted by Gasteiger charge is -2.32. The SMILES string of the molecule is CNC(=O)c1ccc(N2C(=O)N(c3ccc(C#N)c(C(F)(F)F)c3)[C@@H]3CCCC[C@H]32)cc1C. The smallest absolute Gasteiger partial charge is 0.355 e. The van der Waals surface area contributed by atoms with Gasteiger partial charge in [0.25, 0.3) is 5.91 Å². The molecule has 1 N–H and O–H groups in total. The van der Waals surface area contributed by atoms with E-state index < -0.39 is 23.3 Å². The molecule has 33 heavy (non-hydrogen) atoms. The van der Waals surface area contributed by atoms with Gasteiger partial charge in [-0.25, -0.2) is 4.79 Å². The third kappa shape index (κ3) is 3.90. The van der Waals surface area contributed by atoms with Crippen LogP contribution in [-0.2, 0) is 6.18 Å². The molecule has 0 spiro atoms. The van der Waals surface area contributed by atoms with Crippen LogP contribution in [0.15, 0.2) is 36.4 Å². The van der Waals surface area contributed by atoms with Gasteiger partial charge in [0.1, 0.15) is 0 Å². The van der Waals surface area contributed by atoms with E-state index in [-0.39, 0.29) is 23.7 Å². The molecule has 2 atom stereocenters. The summed E-state index contributed by atoms with van der Waals surface area (Å²) in [6.07, 6.45) is -1.53. The maximum absolute atomic E-state index is 13.6. The summed E-state index contributed by atoms with van der Waals surface area (Å²) in [7, 11) is 1.54. The Labute approximate surface area is 189 Å². The van der Waals surface area contributed by atoms with E-state index in [2.05, 4.69) is 5.32 Å². The Morgan fingerprint density at radius 1 is 1.06 bits per heavy atom. The fourth-order valence-electron chi connectivity index (χ4n) is 4.90. The van der Waals surface area contributed by atoms with Gasteiger partial charge >= 0.3 is 12.2 Å². The minimum Gasteiger partial charge on any atom is -0.355 e. The second-order valence-corrected chi connectivity index (χ2v) is 8.36. The van der Waals surface area contributed by atoms with Crippen molar-refractivity contribution >= 4 is 23.3 Å². The Morgan fingerprint density at radius 2 is 1.64 bits per heavy atom. The molecule has 2 fully saturated rings. The number of carbonyl (C=O) groups is 2. The van der Waals surface area contributed by atoms with Gasteiger partial charge in [-0.15, -0.1) is 0 Å².